The number of hydrogen-bond acceptors (Lipinski definition) is 3. The molecule has 0 fully saturated rings. The van der Waals surface area contributed by atoms with Gasteiger partial charge in [0.15, 0.2) is 0 Å². The predicted molar refractivity (Wildman–Crippen MR) is 49.3 cm³/mol. The van der Waals surface area contributed by atoms with Gasteiger partial charge in [-0.25, -0.2) is 4.79 Å². The monoisotopic (exact) mass is 177 g/mol. The average Bonchev–Trinajstić information content (AvgIpc) is 2.16. The van der Waals surface area contributed by atoms with Crippen LogP contribution in [0.3, 0.4) is 0 Å². The number of thioether (sulfide) groups is 1. The van der Waals surface area contributed by atoms with Crippen molar-refractivity contribution < 1.29 is 4.79 Å². The van der Waals surface area contributed by atoms with E-state index in [1.807, 2.05) is 12.2 Å². The smallest absolute Gasteiger partial charge is 0.129 e. The van der Waals surface area contributed by atoms with Gasteiger partial charge in [0.25, 0.3) is 0 Å². The lowest BCUT2D eigenvalue weighted by Crippen LogP contribution is -2.10. The molecule has 1 rings (SSSR count). The van der Waals surface area contributed by atoms with Gasteiger partial charge in [-0.3, -0.25) is 0 Å². The van der Waals surface area contributed by atoms with Crippen LogP contribution in [0.25, 0.3) is 0 Å². The van der Waals surface area contributed by atoms with Gasteiger partial charge >= 0.3 is 0 Å². The molecule has 1 unspecified atom stereocenters. The molecule has 60 valence electrons. The number of rotatable bonds is 1. The molecule has 1 aliphatic carbocycles. The minimum atomic E-state index is -0.127. The molecule has 0 radical (unpaired) electrons. The van der Waals surface area contributed by atoms with E-state index in [0.717, 1.165) is 0 Å². The fraction of sp³-hybridized carbons (Fsp3) is 0.222. The highest BCUT2D eigenvalue weighted by molar-refractivity contribution is 7.99. The van der Waals surface area contributed by atoms with E-state index in [-0.39, 0.29) is 5.25 Å². The van der Waals surface area contributed by atoms with Gasteiger partial charge in [0.05, 0.1) is 16.9 Å². The molecule has 0 aromatic rings. The van der Waals surface area contributed by atoms with Gasteiger partial charge in [-0.05, 0) is 18.4 Å². The number of nitriles is 1. The SMILES string of the molecule is CSC1C(=C=O)C=CC=C1C#N. The zero-order chi connectivity index (χ0) is 8.97. The first-order valence-corrected chi connectivity index (χ1v) is 4.68. The van der Waals surface area contributed by atoms with E-state index in [2.05, 4.69) is 6.07 Å². The number of carbonyl (C=O) groups excluding carboxylic acids is 1. The highest BCUT2D eigenvalue weighted by Gasteiger charge is 2.19. The van der Waals surface area contributed by atoms with Gasteiger partial charge in [-0.1, -0.05) is 6.08 Å². The minimum Gasteiger partial charge on any atom is -0.233 e. The molecule has 2 nitrogen and oxygen atoms in total. The van der Waals surface area contributed by atoms with E-state index in [1.54, 1.807) is 18.2 Å². The molecular weight excluding hydrogens is 170 g/mol. The molecule has 0 amide bonds. The first kappa shape index (κ1) is 8.86. The van der Waals surface area contributed by atoms with E-state index in [0.29, 0.717) is 11.1 Å². The molecule has 0 saturated heterocycles. The minimum absolute atomic E-state index is 0.127. The molecule has 0 aromatic carbocycles. The predicted octanol–water partition coefficient (Wildman–Crippen LogP) is 1.50. The molecule has 0 heterocycles. The summed E-state index contributed by atoms with van der Waals surface area (Å²) in [6.45, 7) is 0. The van der Waals surface area contributed by atoms with Crippen molar-refractivity contribution in [3.05, 3.63) is 29.4 Å². The molecule has 3 heteroatoms. The Morgan fingerprint density at radius 2 is 2.42 bits per heavy atom. The standard InChI is InChI=1S/C9H7NOS/c1-12-9-7(5-10)3-2-4-8(9)6-11/h2-4,9H,1H3. The van der Waals surface area contributed by atoms with Gasteiger partial charge in [-0.2, -0.15) is 17.0 Å². The Morgan fingerprint density at radius 3 is 2.92 bits per heavy atom. The van der Waals surface area contributed by atoms with Crippen LogP contribution in [0.1, 0.15) is 0 Å². The molecule has 0 aliphatic heterocycles. The van der Waals surface area contributed by atoms with Crippen molar-refractivity contribution in [2.75, 3.05) is 6.26 Å². The maximum atomic E-state index is 10.4. The van der Waals surface area contributed by atoms with Gasteiger partial charge < -0.3 is 0 Å². The van der Waals surface area contributed by atoms with Crippen molar-refractivity contribution in [1.29, 1.82) is 5.26 Å². The highest BCUT2D eigenvalue weighted by atomic mass is 32.2. The zero-order valence-electron chi connectivity index (χ0n) is 6.57. The molecule has 0 spiro atoms. The van der Waals surface area contributed by atoms with Gasteiger partial charge in [-0.15, -0.1) is 0 Å². The summed E-state index contributed by atoms with van der Waals surface area (Å²) in [5.41, 5.74) is 1.16. The summed E-state index contributed by atoms with van der Waals surface area (Å²) in [5.74, 6) is 1.84. The van der Waals surface area contributed by atoms with Crippen LogP contribution in [0.15, 0.2) is 29.4 Å². The highest BCUT2D eigenvalue weighted by Crippen LogP contribution is 2.26. The molecule has 0 aromatic heterocycles. The molecule has 12 heavy (non-hydrogen) atoms. The van der Waals surface area contributed by atoms with Crippen molar-refractivity contribution in [2.45, 2.75) is 5.25 Å². The summed E-state index contributed by atoms with van der Waals surface area (Å²) in [4.78, 5) is 10.4. The number of hydrogen-bond donors (Lipinski definition) is 0. The fourth-order valence-electron chi connectivity index (χ4n) is 1.04. The lowest BCUT2D eigenvalue weighted by Gasteiger charge is -2.13. The van der Waals surface area contributed by atoms with E-state index in [1.165, 1.54) is 11.8 Å². The van der Waals surface area contributed by atoms with E-state index >= 15 is 0 Å². The quantitative estimate of drug-likeness (QED) is 0.570. The third kappa shape index (κ3) is 1.50. The second-order valence-corrected chi connectivity index (χ2v) is 3.21. The van der Waals surface area contributed by atoms with Crippen LogP contribution in [0.2, 0.25) is 0 Å². The summed E-state index contributed by atoms with van der Waals surface area (Å²) in [6.07, 6.45) is 6.98. The van der Waals surface area contributed by atoms with Crippen LogP contribution in [-0.2, 0) is 4.79 Å². The summed E-state index contributed by atoms with van der Waals surface area (Å²) in [6, 6.07) is 2.06. The summed E-state index contributed by atoms with van der Waals surface area (Å²) in [7, 11) is 0. The molecule has 0 bridgehead atoms. The van der Waals surface area contributed by atoms with Crippen LogP contribution in [-0.4, -0.2) is 17.4 Å². The molecule has 0 saturated carbocycles. The molecular formula is C9H7NOS. The topological polar surface area (TPSA) is 40.9 Å². The maximum Gasteiger partial charge on any atom is 0.129 e. The number of allylic oxidation sites excluding steroid dienone is 3. The van der Waals surface area contributed by atoms with Gasteiger partial charge in [0, 0.05) is 5.57 Å². The zero-order valence-corrected chi connectivity index (χ0v) is 7.39. The summed E-state index contributed by atoms with van der Waals surface area (Å²) < 4.78 is 0. The largest absolute Gasteiger partial charge is 0.233 e. The Kier molecular flexibility index (Phi) is 2.93. The molecule has 0 N–H and O–H groups in total. The van der Waals surface area contributed by atoms with Gasteiger partial charge in [0.2, 0.25) is 0 Å². The third-order valence-electron chi connectivity index (χ3n) is 1.60. The van der Waals surface area contributed by atoms with Crippen LogP contribution >= 0.6 is 11.8 Å². The molecule has 1 aliphatic rings. The normalized spacial score (nSPS) is 21.2. The van der Waals surface area contributed by atoms with Crippen LogP contribution < -0.4 is 0 Å². The Hall–Kier alpha value is -1.23. The summed E-state index contributed by atoms with van der Waals surface area (Å²) >= 11 is 1.47. The Balaban J connectivity index is 3.06. The Labute approximate surface area is 75.3 Å². The Bertz CT molecular complexity index is 329. The first-order chi connectivity index (χ1) is 5.83. The number of nitrogens with zero attached hydrogens (tertiary/aromatic N) is 1. The van der Waals surface area contributed by atoms with Crippen molar-refractivity contribution in [3.63, 3.8) is 0 Å². The average molecular weight is 177 g/mol. The van der Waals surface area contributed by atoms with Gasteiger partial charge in [0.1, 0.15) is 5.94 Å². The second-order valence-electron chi connectivity index (χ2n) is 2.27. The Morgan fingerprint density at radius 1 is 1.67 bits per heavy atom. The van der Waals surface area contributed by atoms with Crippen LogP contribution in [0.4, 0.5) is 0 Å². The fourth-order valence-corrected chi connectivity index (χ4v) is 1.80. The van der Waals surface area contributed by atoms with Crippen molar-refractivity contribution in [2.24, 2.45) is 0 Å². The lowest BCUT2D eigenvalue weighted by molar-refractivity contribution is 0.567. The summed E-state index contributed by atoms with van der Waals surface area (Å²) in [5, 5.41) is 8.57. The van der Waals surface area contributed by atoms with E-state index in [9.17, 15) is 4.79 Å². The van der Waals surface area contributed by atoms with Crippen molar-refractivity contribution in [3.8, 4) is 6.07 Å². The van der Waals surface area contributed by atoms with E-state index < -0.39 is 0 Å². The first-order valence-electron chi connectivity index (χ1n) is 3.39. The van der Waals surface area contributed by atoms with Crippen LogP contribution in [0.5, 0.6) is 0 Å². The molecule has 1 atom stereocenters. The van der Waals surface area contributed by atoms with Crippen molar-refractivity contribution >= 4 is 17.7 Å². The van der Waals surface area contributed by atoms with E-state index in [4.69, 9.17) is 5.26 Å². The maximum absolute atomic E-state index is 10.4. The van der Waals surface area contributed by atoms with Crippen LogP contribution in [0, 0.1) is 11.3 Å². The third-order valence-corrected chi connectivity index (χ3v) is 2.58. The van der Waals surface area contributed by atoms with Crippen molar-refractivity contribution in [1.82, 2.24) is 0 Å². The lowest BCUT2D eigenvalue weighted by atomic mass is 10.0. The second kappa shape index (κ2) is 3.96.